The lowest BCUT2D eigenvalue weighted by Crippen LogP contribution is -2.06. The summed E-state index contributed by atoms with van der Waals surface area (Å²) in [4.78, 5) is 0. The Bertz CT molecular complexity index is 635. The zero-order valence-corrected chi connectivity index (χ0v) is 14.1. The first-order chi connectivity index (χ1) is 9.49. The standard InChI is InChI=1S/C15H20BrN3O/c1-9-6-11(13(20-5)7-10(9)2)15-14(16)12(8-17-3)18-19(15)4/h6-7,17H,8H2,1-5H3. The van der Waals surface area contributed by atoms with Crippen LogP contribution in [0.25, 0.3) is 11.3 Å². The molecule has 0 radical (unpaired) electrons. The van der Waals surface area contributed by atoms with Gasteiger partial charge in [-0.2, -0.15) is 5.10 Å². The van der Waals surface area contributed by atoms with Crippen LogP contribution in [0.15, 0.2) is 16.6 Å². The molecule has 108 valence electrons. The molecule has 0 saturated carbocycles. The molecule has 0 unspecified atom stereocenters. The Morgan fingerprint density at radius 3 is 2.55 bits per heavy atom. The molecule has 2 aromatic rings. The van der Waals surface area contributed by atoms with Crippen molar-refractivity contribution in [3.63, 3.8) is 0 Å². The van der Waals surface area contributed by atoms with Crippen LogP contribution in [-0.4, -0.2) is 23.9 Å². The van der Waals surface area contributed by atoms with Gasteiger partial charge in [0.05, 0.1) is 23.0 Å². The molecule has 1 aromatic carbocycles. The summed E-state index contributed by atoms with van der Waals surface area (Å²) in [5.41, 5.74) is 5.55. The Hall–Kier alpha value is -1.33. The number of aryl methyl sites for hydroxylation is 3. The molecule has 0 amide bonds. The molecule has 0 saturated heterocycles. The van der Waals surface area contributed by atoms with E-state index in [4.69, 9.17) is 4.74 Å². The topological polar surface area (TPSA) is 39.1 Å². The van der Waals surface area contributed by atoms with Crippen molar-refractivity contribution in [2.75, 3.05) is 14.2 Å². The molecular weight excluding hydrogens is 318 g/mol. The van der Waals surface area contributed by atoms with Gasteiger partial charge in [0, 0.05) is 19.2 Å². The van der Waals surface area contributed by atoms with Gasteiger partial charge in [0.25, 0.3) is 0 Å². The molecular formula is C15H20BrN3O. The first kappa shape index (κ1) is 15.1. The molecule has 0 aliphatic heterocycles. The first-order valence-electron chi connectivity index (χ1n) is 6.51. The van der Waals surface area contributed by atoms with Crippen molar-refractivity contribution < 1.29 is 4.74 Å². The van der Waals surface area contributed by atoms with Crippen LogP contribution in [0.2, 0.25) is 0 Å². The molecule has 20 heavy (non-hydrogen) atoms. The second-order valence-electron chi connectivity index (χ2n) is 4.90. The van der Waals surface area contributed by atoms with Gasteiger partial charge in [0.15, 0.2) is 0 Å². The first-order valence-corrected chi connectivity index (χ1v) is 7.30. The SMILES string of the molecule is CNCc1nn(C)c(-c2cc(C)c(C)cc2OC)c1Br. The molecule has 0 bridgehead atoms. The summed E-state index contributed by atoms with van der Waals surface area (Å²) >= 11 is 3.67. The third-order valence-corrected chi connectivity index (χ3v) is 4.30. The van der Waals surface area contributed by atoms with Crippen molar-refractivity contribution >= 4 is 15.9 Å². The van der Waals surface area contributed by atoms with E-state index >= 15 is 0 Å². The van der Waals surface area contributed by atoms with Crippen LogP contribution in [0.5, 0.6) is 5.75 Å². The van der Waals surface area contributed by atoms with E-state index in [-0.39, 0.29) is 0 Å². The van der Waals surface area contributed by atoms with E-state index in [1.54, 1.807) is 7.11 Å². The lowest BCUT2D eigenvalue weighted by molar-refractivity contribution is 0.415. The fourth-order valence-electron chi connectivity index (χ4n) is 2.27. The lowest BCUT2D eigenvalue weighted by Gasteiger charge is -2.12. The fraction of sp³-hybridized carbons (Fsp3) is 0.400. The number of rotatable bonds is 4. The number of nitrogens with one attached hydrogen (secondary N) is 1. The largest absolute Gasteiger partial charge is 0.496 e. The molecule has 4 nitrogen and oxygen atoms in total. The maximum absolute atomic E-state index is 5.54. The number of aromatic nitrogens is 2. The third kappa shape index (κ3) is 2.60. The summed E-state index contributed by atoms with van der Waals surface area (Å²) in [6, 6.07) is 4.22. The van der Waals surface area contributed by atoms with E-state index in [0.29, 0.717) is 0 Å². The molecule has 0 spiro atoms. The number of hydrogen-bond donors (Lipinski definition) is 1. The normalized spacial score (nSPS) is 10.9. The zero-order valence-electron chi connectivity index (χ0n) is 12.5. The van der Waals surface area contributed by atoms with E-state index in [2.05, 4.69) is 52.3 Å². The van der Waals surface area contributed by atoms with Gasteiger partial charge in [-0.3, -0.25) is 4.68 Å². The van der Waals surface area contributed by atoms with Crippen LogP contribution in [0.3, 0.4) is 0 Å². The molecule has 2 rings (SSSR count). The molecule has 0 aliphatic carbocycles. The fourth-order valence-corrected chi connectivity index (χ4v) is 2.96. The Balaban J connectivity index is 2.65. The lowest BCUT2D eigenvalue weighted by atomic mass is 10.0. The minimum Gasteiger partial charge on any atom is -0.496 e. The highest BCUT2D eigenvalue weighted by molar-refractivity contribution is 9.10. The highest BCUT2D eigenvalue weighted by Gasteiger charge is 2.19. The maximum Gasteiger partial charge on any atom is 0.128 e. The highest BCUT2D eigenvalue weighted by atomic mass is 79.9. The van der Waals surface area contributed by atoms with Crippen LogP contribution in [0.1, 0.15) is 16.8 Å². The van der Waals surface area contributed by atoms with Crippen molar-refractivity contribution in [2.24, 2.45) is 7.05 Å². The van der Waals surface area contributed by atoms with Crippen molar-refractivity contribution in [3.05, 3.63) is 33.4 Å². The van der Waals surface area contributed by atoms with Gasteiger partial charge in [-0.05, 0) is 60.1 Å². The van der Waals surface area contributed by atoms with E-state index < -0.39 is 0 Å². The van der Waals surface area contributed by atoms with Crippen LogP contribution < -0.4 is 10.1 Å². The average molecular weight is 338 g/mol. The van der Waals surface area contributed by atoms with E-state index in [9.17, 15) is 0 Å². The average Bonchev–Trinajstić information content (AvgIpc) is 2.68. The number of ether oxygens (including phenoxy) is 1. The molecule has 0 aliphatic rings. The van der Waals surface area contributed by atoms with E-state index in [1.807, 2.05) is 18.8 Å². The van der Waals surface area contributed by atoms with Crippen LogP contribution >= 0.6 is 15.9 Å². The zero-order chi connectivity index (χ0) is 14.9. The predicted molar refractivity (Wildman–Crippen MR) is 85.1 cm³/mol. The van der Waals surface area contributed by atoms with Gasteiger partial charge in [0.2, 0.25) is 0 Å². The molecule has 0 atom stereocenters. The van der Waals surface area contributed by atoms with Gasteiger partial charge in [-0.15, -0.1) is 0 Å². The summed E-state index contributed by atoms with van der Waals surface area (Å²) in [5, 5.41) is 7.68. The second kappa shape index (κ2) is 5.97. The summed E-state index contributed by atoms with van der Waals surface area (Å²) < 4.78 is 8.44. The van der Waals surface area contributed by atoms with Crippen LogP contribution in [0.4, 0.5) is 0 Å². The Kier molecular flexibility index (Phi) is 4.50. The van der Waals surface area contributed by atoms with Gasteiger partial charge in [-0.1, -0.05) is 0 Å². The van der Waals surface area contributed by atoms with Crippen molar-refractivity contribution in [2.45, 2.75) is 20.4 Å². The quantitative estimate of drug-likeness (QED) is 0.931. The van der Waals surface area contributed by atoms with Crippen molar-refractivity contribution in [1.29, 1.82) is 0 Å². The monoisotopic (exact) mass is 337 g/mol. The second-order valence-corrected chi connectivity index (χ2v) is 5.69. The van der Waals surface area contributed by atoms with Crippen LogP contribution in [0, 0.1) is 13.8 Å². The number of halogens is 1. The van der Waals surface area contributed by atoms with Crippen LogP contribution in [-0.2, 0) is 13.6 Å². The number of benzene rings is 1. The number of methoxy groups -OCH3 is 1. The summed E-state index contributed by atoms with van der Waals surface area (Å²) in [6.45, 7) is 4.92. The Labute approximate surface area is 128 Å². The number of nitrogens with zero attached hydrogens (tertiary/aromatic N) is 2. The molecule has 1 aromatic heterocycles. The van der Waals surface area contributed by atoms with Gasteiger partial charge >= 0.3 is 0 Å². The molecule has 5 heteroatoms. The smallest absolute Gasteiger partial charge is 0.128 e. The molecule has 0 fully saturated rings. The minimum absolute atomic E-state index is 0.724. The van der Waals surface area contributed by atoms with Gasteiger partial charge in [0.1, 0.15) is 5.75 Å². The van der Waals surface area contributed by atoms with E-state index in [1.165, 1.54) is 11.1 Å². The van der Waals surface area contributed by atoms with E-state index in [0.717, 1.165) is 33.7 Å². The predicted octanol–water partition coefficient (Wildman–Crippen LogP) is 3.19. The van der Waals surface area contributed by atoms with Crippen molar-refractivity contribution in [1.82, 2.24) is 15.1 Å². The van der Waals surface area contributed by atoms with Crippen molar-refractivity contribution in [3.8, 4) is 17.0 Å². The number of hydrogen-bond acceptors (Lipinski definition) is 3. The summed E-state index contributed by atoms with van der Waals surface area (Å²) in [7, 11) is 5.57. The maximum atomic E-state index is 5.54. The molecule has 1 heterocycles. The van der Waals surface area contributed by atoms with Gasteiger partial charge < -0.3 is 10.1 Å². The minimum atomic E-state index is 0.724. The summed E-state index contributed by atoms with van der Waals surface area (Å²) in [6.07, 6.45) is 0. The van der Waals surface area contributed by atoms with Gasteiger partial charge in [-0.25, -0.2) is 0 Å². The third-order valence-electron chi connectivity index (χ3n) is 3.47. The molecule has 1 N–H and O–H groups in total. The highest BCUT2D eigenvalue weighted by Crippen LogP contribution is 2.38. The Morgan fingerprint density at radius 2 is 1.95 bits per heavy atom. The Morgan fingerprint density at radius 1 is 1.30 bits per heavy atom. The summed E-state index contributed by atoms with van der Waals surface area (Å²) in [5.74, 6) is 0.868.